The molecule has 0 fully saturated rings. The fourth-order valence-corrected chi connectivity index (χ4v) is 4.88. The summed E-state index contributed by atoms with van der Waals surface area (Å²) in [7, 11) is 1.57. The van der Waals surface area contributed by atoms with Gasteiger partial charge in [0.2, 0.25) is 5.91 Å². The highest BCUT2D eigenvalue weighted by Crippen LogP contribution is 2.34. The molecule has 0 unspecified atom stereocenters. The maximum Gasteiger partial charge on any atom is 0.290 e. The minimum absolute atomic E-state index is 0.0522. The second kappa shape index (κ2) is 10.7. The number of ether oxygens (including phenoxy) is 2. The molecule has 1 aliphatic rings. The number of amides is 2. The first kappa shape index (κ1) is 23.1. The molecule has 0 saturated heterocycles. The van der Waals surface area contributed by atoms with Gasteiger partial charge in [-0.1, -0.05) is 17.7 Å². The van der Waals surface area contributed by atoms with Crippen molar-refractivity contribution < 1.29 is 23.5 Å². The molecule has 0 spiro atoms. The molecule has 0 bridgehead atoms. The number of carbonyl (C=O) groups is 2. The van der Waals surface area contributed by atoms with Gasteiger partial charge in [0.1, 0.15) is 18.9 Å². The number of aryl methyl sites for hydroxylation is 1. The number of hydrogen-bond donors (Lipinski definition) is 0. The molecule has 3 heterocycles. The number of furan rings is 1. The van der Waals surface area contributed by atoms with E-state index >= 15 is 0 Å². The van der Waals surface area contributed by atoms with Gasteiger partial charge in [0.25, 0.3) is 5.91 Å². The van der Waals surface area contributed by atoms with E-state index < -0.39 is 0 Å². The van der Waals surface area contributed by atoms with Gasteiger partial charge in [-0.3, -0.25) is 9.59 Å². The van der Waals surface area contributed by atoms with E-state index in [2.05, 4.69) is 11.4 Å². The van der Waals surface area contributed by atoms with Gasteiger partial charge in [0, 0.05) is 25.1 Å². The molecule has 0 aliphatic carbocycles. The number of benzene rings is 1. The van der Waals surface area contributed by atoms with Gasteiger partial charge in [-0.25, -0.2) is 0 Å². The Morgan fingerprint density at radius 2 is 2.03 bits per heavy atom. The Morgan fingerprint density at radius 1 is 1.21 bits per heavy atom. The Morgan fingerprint density at radius 3 is 2.76 bits per heavy atom. The highest BCUT2D eigenvalue weighted by Gasteiger charge is 2.34. The zero-order valence-electron chi connectivity index (χ0n) is 18.9. The van der Waals surface area contributed by atoms with Gasteiger partial charge in [-0.05, 0) is 54.6 Å². The first-order valence-corrected chi connectivity index (χ1v) is 11.8. The summed E-state index contributed by atoms with van der Waals surface area (Å²) in [6.45, 7) is 3.54. The topological polar surface area (TPSA) is 72.2 Å². The quantitative estimate of drug-likeness (QED) is 0.476. The Bertz CT molecular complexity index is 1060. The van der Waals surface area contributed by atoms with E-state index in [0.29, 0.717) is 26.3 Å². The number of thiophene rings is 1. The minimum atomic E-state index is -0.328. The lowest BCUT2D eigenvalue weighted by molar-refractivity contribution is -0.135. The lowest BCUT2D eigenvalue weighted by atomic mass is 10.0. The van der Waals surface area contributed by atoms with Crippen LogP contribution < -0.4 is 4.74 Å². The molecule has 0 N–H and O–H groups in total. The third kappa shape index (κ3) is 5.46. The molecule has 4 rings (SSSR count). The van der Waals surface area contributed by atoms with E-state index in [0.717, 1.165) is 23.3 Å². The van der Waals surface area contributed by atoms with Crippen LogP contribution in [0, 0.1) is 6.92 Å². The van der Waals surface area contributed by atoms with Gasteiger partial charge >= 0.3 is 0 Å². The normalized spacial score (nSPS) is 15.2. The van der Waals surface area contributed by atoms with Crippen molar-refractivity contribution >= 4 is 23.2 Å². The van der Waals surface area contributed by atoms with Gasteiger partial charge in [0.05, 0.1) is 18.9 Å². The molecule has 33 heavy (non-hydrogen) atoms. The summed E-state index contributed by atoms with van der Waals surface area (Å²) in [5.74, 6) is 0.522. The van der Waals surface area contributed by atoms with Crippen LogP contribution in [0.25, 0.3) is 0 Å². The molecular formula is C25H28N2O5S. The molecule has 1 aliphatic heterocycles. The highest BCUT2D eigenvalue weighted by molar-refractivity contribution is 7.10. The molecule has 3 aromatic rings. The second-order valence-corrected chi connectivity index (χ2v) is 8.97. The fraction of sp³-hybridized carbons (Fsp3) is 0.360. The molecule has 1 aromatic carbocycles. The second-order valence-electron chi connectivity index (χ2n) is 7.97. The van der Waals surface area contributed by atoms with Crippen LogP contribution in [-0.2, 0) is 16.0 Å². The zero-order valence-corrected chi connectivity index (χ0v) is 19.7. The van der Waals surface area contributed by atoms with Crippen molar-refractivity contribution in [2.24, 2.45) is 0 Å². The molecule has 0 radical (unpaired) electrons. The summed E-state index contributed by atoms with van der Waals surface area (Å²) in [6.07, 6.45) is 2.24. The SMILES string of the molecule is COCCN(CC(=O)N1CCc2sccc2[C@H]1COc1ccc(C)cc1)C(=O)c1ccco1. The summed E-state index contributed by atoms with van der Waals surface area (Å²) < 4.78 is 16.5. The Hall–Kier alpha value is -3.10. The van der Waals surface area contributed by atoms with E-state index in [1.54, 1.807) is 30.6 Å². The molecule has 8 heteroatoms. The van der Waals surface area contributed by atoms with Gasteiger partial charge in [0.15, 0.2) is 5.76 Å². The fourth-order valence-electron chi connectivity index (χ4n) is 3.95. The summed E-state index contributed by atoms with van der Waals surface area (Å²) in [5.41, 5.74) is 2.28. The predicted molar refractivity (Wildman–Crippen MR) is 126 cm³/mol. The van der Waals surface area contributed by atoms with Crippen LogP contribution in [0.4, 0.5) is 0 Å². The van der Waals surface area contributed by atoms with Gasteiger partial charge in [-0.2, -0.15) is 0 Å². The van der Waals surface area contributed by atoms with Gasteiger partial charge < -0.3 is 23.7 Å². The first-order chi connectivity index (χ1) is 16.1. The average Bonchev–Trinajstić information content (AvgIpc) is 3.53. The smallest absolute Gasteiger partial charge is 0.290 e. The molecule has 0 saturated carbocycles. The standard InChI is InChI=1S/C25H28N2O5S/c1-18-5-7-19(8-6-18)32-17-21-20-10-15-33-23(20)9-11-27(21)24(28)16-26(12-14-30-2)25(29)22-4-3-13-31-22/h3-8,10,13,15,21H,9,11-12,14,16-17H2,1-2H3/t21-/m1/s1. The zero-order chi connectivity index (χ0) is 23.2. The predicted octanol–water partition coefficient (Wildman–Crippen LogP) is 3.94. The van der Waals surface area contributed by atoms with Crippen molar-refractivity contribution in [1.29, 1.82) is 0 Å². The number of hydrogen-bond acceptors (Lipinski definition) is 6. The highest BCUT2D eigenvalue weighted by atomic mass is 32.1. The van der Waals surface area contributed by atoms with Crippen LogP contribution in [-0.4, -0.2) is 61.6 Å². The molecule has 2 amide bonds. The minimum Gasteiger partial charge on any atom is -0.491 e. The average molecular weight is 469 g/mol. The Labute approximate surface area is 197 Å². The van der Waals surface area contributed by atoms with Crippen LogP contribution >= 0.6 is 11.3 Å². The maximum atomic E-state index is 13.5. The van der Waals surface area contributed by atoms with Crippen molar-refractivity contribution in [3.05, 3.63) is 75.9 Å². The van der Waals surface area contributed by atoms with Crippen molar-refractivity contribution in [2.45, 2.75) is 19.4 Å². The van der Waals surface area contributed by atoms with Crippen LogP contribution in [0.1, 0.15) is 32.6 Å². The Kier molecular flexibility index (Phi) is 7.47. The number of rotatable bonds is 9. The molecule has 1 atom stereocenters. The molecule has 174 valence electrons. The lowest BCUT2D eigenvalue weighted by Gasteiger charge is -2.37. The monoisotopic (exact) mass is 468 g/mol. The Balaban J connectivity index is 1.50. The van der Waals surface area contributed by atoms with Crippen LogP contribution in [0.3, 0.4) is 0 Å². The summed E-state index contributed by atoms with van der Waals surface area (Å²) in [5, 5.41) is 2.06. The van der Waals surface area contributed by atoms with E-state index in [1.165, 1.54) is 16.0 Å². The molecule has 7 nitrogen and oxygen atoms in total. The summed E-state index contributed by atoms with van der Waals surface area (Å²) in [6, 6.07) is 13.0. The largest absolute Gasteiger partial charge is 0.491 e. The van der Waals surface area contributed by atoms with Crippen molar-refractivity contribution in [3.63, 3.8) is 0 Å². The molecular weight excluding hydrogens is 440 g/mol. The third-order valence-electron chi connectivity index (χ3n) is 5.75. The van der Waals surface area contributed by atoms with Gasteiger partial charge in [-0.15, -0.1) is 11.3 Å². The summed E-state index contributed by atoms with van der Waals surface area (Å²) in [4.78, 5) is 30.9. The van der Waals surface area contributed by atoms with E-state index in [-0.39, 0.29) is 30.2 Å². The molecule has 2 aromatic heterocycles. The number of methoxy groups -OCH3 is 1. The van der Waals surface area contributed by atoms with E-state index in [9.17, 15) is 9.59 Å². The number of nitrogens with zero attached hydrogens (tertiary/aromatic N) is 2. The van der Waals surface area contributed by atoms with E-state index in [1.807, 2.05) is 36.1 Å². The van der Waals surface area contributed by atoms with E-state index in [4.69, 9.17) is 13.9 Å². The van der Waals surface area contributed by atoms with Crippen LogP contribution in [0.2, 0.25) is 0 Å². The van der Waals surface area contributed by atoms with Crippen molar-refractivity contribution in [3.8, 4) is 5.75 Å². The van der Waals surface area contributed by atoms with Crippen LogP contribution in [0.5, 0.6) is 5.75 Å². The lowest BCUT2D eigenvalue weighted by Crippen LogP contribution is -2.48. The maximum absolute atomic E-state index is 13.5. The first-order valence-electron chi connectivity index (χ1n) is 10.9. The van der Waals surface area contributed by atoms with Crippen molar-refractivity contribution in [1.82, 2.24) is 9.80 Å². The van der Waals surface area contributed by atoms with Crippen molar-refractivity contribution in [2.75, 3.05) is 40.0 Å². The summed E-state index contributed by atoms with van der Waals surface area (Å²) >= 11 is 1.71. The number of carbonyl (C=O) groups excluding carboxylic acids is 2. The third-order valence-corrected chi connectivity index (χ3v) is 6.75. The van der Waals surface area contributed by atoms with Crippen LogP contribution in [0.15, 0.2) is 58.5 Å². The number of fused-ring (bicyclic) bond motifs is 1.